The normalized spacial score (nSPS) is 12.0. The minimum absolute atomic E-state index is 0.267. The molecule has 0 saturated carbocycles. The van der Waals surface area contributed by atoms with Crippen molar-refractivity contribution < 1.29 is 27.4 Å². The monoisotopic (exact) mass is 675 g/mol. The van der Waals surface area contributed by atoms with E-state index in [0.29, 0.717) is 23.7 Å². The molecule has 0 aromatic heterocycles. The van der Waals surface area contributed by atoms with Crippen LogP contribution in [0.3, 0.4) is 0 Å². The van der Waals surface area contributed by atoms with E-state index >= 15 is 0 Å². The maximum atomic E-state index is 11.6. The maximum Gasteiger partial charge on any atom is 0.573 e. The number of para-hydroxylation sites is 3. The van der Waals surface area contributed by atoms with Gasteiger partial charge in [-0.2, -0.15) is 0 Å². The Balaban J connectivity index is 0.000000178. The van der Waals surface area contributed by atoms with Gasteiger partial charge in [-0.25, -0.2) is 0 Å². The molecule has 5 aromatic carbocycles. The molecule has 0 unspecified atom stereocenters. The van der Waals surface area contributed by atoms with E-state index in [0.717, 1.165) is 35.0 Å². The molecule has 0 bridgehead atoms. The Morgan fingerprint density at radius 3 is 1.57 bits per heavy atom. The lowest BCUT2D eigenvalue weighted by Gasteiger charge is -2.28. The summed E-state index contributed by atoms with van der Waals surface area (Å²) in [6.07, 6.45) is -0.615. The number of alkyl halides is 3. The van der Waals surface area contributed by atoms with Crippen LogP contribution in [0.5, 0.6) is 23.0 Å². The summed E-state index contributed by atoms with van der Waals surface area (Å²) >= 11 is 0. The van der Waals surface area contributed by atoms with Gasteiger partial charge in [0.05, 0.1) is 12.3 Å². The number of nitrogens with zero attached hydrogens (tertiary/aromatic N) is 1. The summed E-state index contributed by atoms with van der Waals surface area (Å²) in [6.45, 7) is 5.05. The number of ether oxygens (including phenoxy) is 3. The fraction of sp³-hybridized carbons (Fsp3) is 0.211. The third-order valence-electron chi connectivity index (χ3n) is 6.81. The predicted octanol–water partition coefficient (Wildman–Crippen LogP) is 9.16. The van der Waals surface area contributed by atoms with Crippen molar-refractivity contribution in [2.45, 2.75) is 32.5 Å². The SMILES string of the molecule is CCOc1ccc(N)cc1.Nc1ccc(N2CCCCC2)cc1.Nc1ccc(OC(F)(F)F)cc1.Nc1ccccc1Oc1ccccc1. The van der Waals surface area contributed by atoms with Crippen molar-refractivity contribution >= 4 is 28.4 Å². The van der Waals surface area contributed by atoms with Crippen molar-refractivity contribution in [3.05, 3.63) is 127 Å². The second-order valence-corrected chi connectivity index (χ2v) is 10.7. The fourth-order valence-corrected chi connectivity index (χ4v) is 4.43. The number of rotatable bonds is 6. The summed E-state index contributed by atoms with van der Waals surface area (Å²) in [5, 5.41) is 0. The highest BCUT2D eigenvalue weighted by atomic mass is 19.4. The van der Waals surface area contributed by atoms with Gasteiger partial charge in [-0.3, -0.25) is 0 Å². The molecule has 0 atom stereocenters. The number of benzene rings is 5. The van der Waals surface area contributed by atoms with Crippen LogP contribution < -0.4 is 42.0 Å². The largest absolute Gasteiger partial charge is 0.573 e. The average molecular weight is 676 g/mol. The van der Waals surface area contributed by atoms with Gasteiger partial charge in [-0.1, -0.05) is 30.3 Å². The third-order valence-corrected chi connectivity index (χ3v) is 6.81. The first-order chi connectivity index (χ1) is 23.5. The molecule has 0 aliphatic carbocycles. The van der Waals surface area contributed by atoms with Gasteiger partial charge in [-0.15, -0.1) is 13.2 Å². The maximum absolute atomic E-state index is 11.6. The number of piperidine rings is 1. The Hall–Kier alpha value is -5.71. The van der Waals surface area contributed by atoms with Crippen LogP contribution in [0, 0.1) is 0 Å². The number of nitrogen functional groups attached to an aromatic ring is 4. The van der Waals surface area contributed by atoms with E-state index < -0.39 is 6.36 Å². The van der Waals surface area contributed by atoms with Crippen LogP contribution in [0.2, 0.25) is 0 Å². The zero-order chi connectivity index (χ0) is 35.5. The molecule has 0 spiro atoms. The number of hydrogen-bond acceptors (Lipinski definition) is 8. The van der Waals surface area contributed by atoms with Crippen LogP contribution in [0.15, 0.2) is 127 Å². The molecule has 1 aliphatic rings. The van der Waals surface area contributed by atoms with Gasteiger partial charge in [0, 0.05) is 35.8 Å². The lowest BCUT2D eigenvalue weighted by molar-refractivity contribution is -0.274. The van der Waals surface area contributed by atoms with E-state index in [1.54, 1.807) is 0 Å². The van der Waals surface area contributed by atoms with Crippen LogP contribution in [0.1, 0.15) is 26.2 Å². The van der Waals surface area contributed by atoms with E-state index in [9.17, 15) is 13.2 Å². The van der Waals surface area contributed by atoms with E-state index in [2.05, 4.69) is 21.8 Å². The summed E-state index contributed by atoms with van der Waals surface area (Å²) < 4.78 is 49.2. The third kappa shape index (κ3) is 15.2. The van der Waals surface area contributed by atoms with E-state index in [4.69, 9.17) is 32.4 Å². The first-order valence-electron chi connectivity index (χ1n) is 15.8. The van der Waals surface area contributed by atoms with Gasteiger partial charge in [0.15, 0.2) is 0 Å². The first kappa shape index (κ1) is 37.7. The highest BCUT2D eigenvalue weighted by Gasteiger charge is 2.30. The Kier molecular flexibility index (Phi) is 15.3. The van der Waals surface area contributed by atoms with E-state index in [-0.39, 0.29) is 5.75 Å². The quantitative estimate of drug-likeness (QED) is 0.131. The predicted molar refractivity (Wildman–Crippen MR) is 194 cm³/mol. The Morgan fingerprint density at radius 1 is 0.571 bits per heavy atom. The van der Waals surface area contributed by atoms with Gasteiger partial charge in [0.1, 0.15) is 23.0 Å². The smallest absolute Gasteiger partial charge is 0.494 e. The molecule has 0 amide bonds. The van der Waals surface area contributed by atoms with Gasteiger partial charge >= 0.3 is 6.36 Å². The van der Waals surface area contributed by atoms with Crippen molar-refractivity contribution in [2.75, 3.05) is 47.5 Å². The number of nitrogens with two attached hydrogens (primary N) is 4. The van der Waals surface area contributed by atoms with Crippen LogP contribution in [-0.2, 0) is 0 Å². The summed E-state index contributed by atoms with van der Waals surface area (Å²) in [5.74, 6) is 2.09. The standard InChI is InChI=1S/C12H11NO.C11H16N2.C8H11NO.C7H6F3NO/c13-11-8-4-5-9-12(11)14-10-6-2-1-3-7-10;12-10-4-6-11(7-5-10)13-8-2-1-3-9-13;1-2-10-8-5-3-7(9)4-6-8;8-7(9,10)12-6-3-1-5(11)2-4-6/h1-9H,13H2;4-7H,1-3,8-9,12H2;3-6H,2,9H2,1H3;1-4H,11H2. The first-order valence-corrected chi connectivity index (χ1v) is 15.8. The van der Waals surface area contributed by atoms with Gasteiger partial charge < -0.3 is 42.0 Å². The average Bonchev–Trinajstić information content (AvgIpc) is 3.10. The fourth-order valence-electron chi connectivity index (χ4n) is 4.43. The molecule has 1 heterocycles. The van der Waals surface area contributed by atoms with Crippen molar-refractivity contribution in [2.24, 2.45) is 0 Å². The zero-order valence-electron chi connectivity index (χ0n) is 27.5. The van der Waals surface area contributed by atoms with Gasteiger partial charge in [0.25, 0.3) is 0 Å². The Bertz CT molecular complexity index is 1610. The highest BCUT2D eigenvalue weighted by Crippen LogP contribution is 2.26. The van der Waals surface area contributed by atoms with E-state index in [1.807, 2.05) is 97.9 Å². The summed E-state index contributed by atoms with van der Waals surface area (Å²) in [6, 6.07) is 37.6. The number of hydrogen-bond donors (Lipinski definition) is 4. The van der Waals surface area contributed by atoms with Gasteiger partial charge in [0.2, 0.25) is 0 Å². The Labute approximate surface area is 286 Å². The molecule has 11 heteroatoms. The zero-order valence-corrected chi connectivity index (χ0v) is 27.5. The summed E-state index contributed by atoms with van der Waals surface area (Å²) in [7, 11) is 0. The number of anilines is 5. The summed E-state index contributed by atoms with van der Waals surface area (Å²) in [4.78, 5) is 2.43. The second-order valence-electron chi connectivity index (χ2n) is 10.7. The number of halogens is 3. The molecule has 1 saturated heterocycles. The van der Waals surface area contributed by atoms with Crippen molar-refractivity contribution in [1.82, 2.24) is 0 Å². The van der Waals surface area contributed by atoms with Crippen molar-refractivity contribution in [1.29, 1.82) is 0 Å². The molecule has 0 radical (unpaired) electrons. The molecule has 260 valence electrons. The molecule has 8 N–H and O–H groups in total. The topological polar surface area (TPSA) is 135 Å². The van der Waals surface area contributed by atoms with Crippen molar-refractivity contribution in [3.8, 4) is 23.0 Å². The molecule has 1 aliphatic heterocycles. The minimum Gasteiger partial charge on any atom is -0.494 e. The molecule has 5 aromatic rings. The summed E-state index contributed by atoms with van der Waals surface area (Å²) in [5.41, 5.74) is 26.1. The second kappa shape index (κ2) is 19.8. The lowest BCUT2D eigenvalue weighted by atomic mass is 10.1. The van der Waals surface area contributed by atoms with Crippen LogP contribution >= 0.6 is 0 Å². The molecule has 1 fully saturated rings. The molecule has 49 heavy (non-hydrogen) atoms. The van der Waals surface area contributed by atoms with Crippen LogP contribution in [0.25, 0.3) is 0 Å². The minimum atomic E-state index is -4.64. The molecule has 8 nitrogen and oxygen atoms in total. The Morgan fingerprint density at radius 2 is 1.06 bits per heavy atom. The van der Waals surface area contributed by atoms with Crippen LogP contribution in [0.4, 0.5) is 41.6 Å². The van der Waals surface area contributed by atoms with Crippen molar-refractivity contribution in [3.63, 3.8) is 0 Å². The van der Waals surface area contributed by atoms with Gasteiger partial charge in [-0.05, 0) is 123 Å². The molecular weight excluding hydrogens is 631 g/mol. The molecule has 6 rings (SSSR count). The van der Waals surface area contributed by atoms with Crippen LogP contribution in [-0.4, -0.2) is 26.1 Å². The van der Waals surface area contributed by atoms with E-state index in [1.165, 1.54) is 50.2 Å². The lowest BCUT2D eigenvalue weighted by Crippen LogP contribution is -2.29. The highest BCUT2D eigenvalue weighted by molar-refractivity contribution is 5.54. The molecular formula is C38H44F3N5O3.